The Bertz CT molecular complexity index is 1210. The summed E-state index contributed by atoms with van der Waals surface area (Å²) in [7, 11) is 1.38. The fourth-order valence-electron chi connectivity index (χ4n) is 2.97. The molecular formula is C28H32F2N2O6. The fourth-order valence-corrected chi connectivity index (χ4v) is 2.97. The molecule has 3 rings (SSSR count). The minimum atomic E-state index is -0.787. The Morgan fingerprint density at radius 1 is 1.03 bits per heavy atom. The lowest BCUT2D eigenvalue weighted by Crippen LogP contribution is -2.17. The smallest absolute Gasteiger partial charge is 0.308 e. The maximum Gasteiger partial charge on any atom is 0.308 e. The first-order valence-electron chi connectivity index (χ1n) is 11.6. The summed E-state index contributed by atoms with van der Waals surface area (Å²) in [4.78, 5) is 36.6. The number of pyridine rings is 1. The molecule has 8 nitrogen and oxygen atoms in total. The van der Waals surface area contributed by atoms with E-state index in [-0.39, 0.29) is 40.9 Å². The van der Waals surface area contributed by atoms with Crippen LogP contribution >= 0.6 is 0 Å². The van der Waals surface area contributed by atoms with Gasteiger partial charge in [0.1, 0.15) is 17.7 Å². The molecule has 3 aromatic rings. The van der Waals surface area contributed by atoms with E-state index in [4.69, 9.17) is 19.9 Å². The number of hydrogen-bond donors (Lipinski definition) is 1. The molecule has 0 bridgehead atoms. The second kappa shape index (κ2) is 16.4. The molecule has 0 fully saturated rings. The van der Waals surface area contributed by atoms with Gasteiger partial charge in [-0.1, -0.05) is 31.2 Å². The van der Waals surface area contributed by atoms with Gasteiger partial charge in [-0.15, -0.1) is 0 Å². The predicted octanol–water partition coefficient (Wildman–Crippen LogP) is 4.96. The highest BCUT2D eigenvalue weighted by Crippen LogP contribution is 2.29. The number of hydrogen-bond acceptors (Lipinski definition) is 7. The van der Waals surface area contributed by atoms with Gasteiger partial charge in [0.2, 0.25) is 5.75 Å². The lowest BCUT2D eigenvalue weighted by Gasteiger charge is -2.14. The summed E-state index contributed by atoms with van der Waals surface area (Å²) in [6.07, 6.45) is 2.17. The molecule has 0 aliphatic heterocycles. The van der Waals surface area contributed by atoms with Gasteiger partial charge < -0.3 is 19.9 Å². The number of methoxy groups -OCH3 is 1. The highest BCUT2D eigenvalue weighted by Gasteiger charge is 2.18. The van der Waals surface area contributed by atoms with E-state index in [0.717, 1.165) is 11.1 Å². The van der Waals surface area contributed by atoms with Crippen LogP contribution in [0.1, 0.15) is 48.8 Å². The number of halogens is 2. The van der Waals surface area contributed by atoms with E-state index in [2.05, 4.69) is 4.98 Å². The van der Waals surface area contributed by atoms with Crippen molar-refractivity contribution in [3.8, 4) is 11.5 Å². The zero-order valence-electron chi connectivity index (χ0n) is 22.0. The maximum atomic E-state index is 12.9. The van der Waals surface area contributed by atoms with Gasteiger partial charge in [-0.05, 0) is 49.2 Å². The molecule has 10 heteroatoms. The van der Waals surface area contributed by atoms with Crippen LogP contribution in [-0.4, -0.2) is 36.0 Å². The number of rotatable bonds is 7. The van der Waals surface area contributed by atoms with E-state index in [1.807, 2.05) is 13.8 Å². The van der Waals surface area contributed by atoms with Gasteiger partial charge in [0.15, 0.2) is 11.4 Å². The zero-order chi connectivity index (χ0) is 28.7. The number of benzene rings is 2. The van der Waals surface area contributed by atoms with Crippen LogP contribution in [0.4, 0.5) is 8.78 Å². The molecule has 0 aliphatic carbocycles. The van der Waals surface area contributed by atoms with Crippen LogP contribution < -0.4 is 15.2 Å². The van der Waals surface area contributed by atoms with Gasteiger partial charge in [0.25, 0.3) is 5.91 Å². The van der Waals surface area contributed by atoms with E-state index in [9.17, 15) is 23.2 Å². The number of nitrogens with zero attached hydrogens (tertiary/aromatic N) is 1. The Morgan fingerprint density at radius 2 is 1.68 bits per heavy atom. The van der Waals surface area contributed by atoms with Crippen molar-refractivity contribution in [3.05, 3.63) is 89.2 Å². The number of primary amides is 1. The third-order valence-corrected chi connectivity index (χ3v) is 4.73. The Hall–Kier alpha value is -4.34. The standard InChI is InChI=1S/C13H17FO2.C9H10N2O4.C6H5F/c1-4-13(15)16-10(3)8-11-5-6-12(14)7-9(11)2;1-5(12)15-8-6(14-2)3-4-11-7(8)9(10)13;7-6-4-2-1-3-5-6/h5-7,10H,4,8H2,1-3H3;3-4H,1-2H3,(H2,10,13);1-5H. The van der Waals surface area contributed by atoms with Gasteiger partial charge >= 0.3 is 11.9 Å². The number of ether oxygens (including phenoxy) is 3. The number of carbonyl (C=O) groups excluding carboxylic acids is 3. The molecule has 1 atom stereocenters. The van der Waals surface area contributed by atoms with Crippen LogP contribution in [0.2, 0.25) is 0 Å². The number of nitrogens with two attached hydrogens (primary N) is 1. The largest absolute Gasteiger partial charge is 0.493 e. The highest BCUT2D eigenvalue weighted by atomic mass is 19.1. The summed E-state index contributed by atoms with van der Waals surface area (Å²) < 4.78 is 39.6. The SMILES string of the molecule is CCC(=O)OC(C)Cc1ccc(F)cc1C.COc1ccnc(C(N)=O)c1OC(C)=O.Fc1ccccc1. The van der Waals surface area contributed by atoms with Gasteiger partial charge in [-0.2, -0.15) is 0 Å². The molecular weight excluding hydrogens is 498 g/mol. The molecule has 1 heterocycles. The van der Waals surface area contributed by atoms with Gasteiger partial charge in [0.05, 0.1) is 7.11 Å². The molecule has 2 aromatic carbocycles. The molecule has 0 saturated heterocycles. The average molecular weight is 531 g/mol. The van der Waals surface area contributed by atoms with Crippen LogP contribution in [0.3, 0.4) is 0 Å². The third kappa shape index (κ3) is 11.6. The van der Waals surface area contributed by atoms with Crippen LogP contribution in [0, 0.1) is 18.6 Å². The molecule has 1 amide bonds. The normalized spacial score (nSPS) is 10.5. The van der Waals surface area contributed by atoms with Crippen molar-refractivity contribution in [1.29, 1.82) is 0 Å². The molecule has 0 aliphatic rings. The topological polar surface area (TPSA) is 118 Å². The number of carbonyl (C=O) groups is 3. The van der Waals surface area contributed by atoms with Crippen molar-refractivity contribution < 1.29 is 37.4 Å². The van der Waals surface area contributed by atoms with Crippen molar-refractivity contribution in [3.63, 3.8) is 0 Å². The van der Waals surface area contributed by atoms with E-state index < -0.39 is 11.9 Å². The van der Waals surface area contributed by atoms with Gasteiger partial charge in [-0.25, -0.2) is 13.8 Å². The molecule has 0 spiro atoms. The van der Waals surface area contributed by atoms with E-state index in [1.54, 1.807) is 31.2 Å². The van der Waals surface area contributed by atoms with Crippen molar-refractivity contribution in [2.45, 2.75) is 46.6 Å². The summed E-state index contributed by atoms with van der Waals surface area (Å²) in [5.41, 5.74) is 6.83. The fraction of sp³-hybridized carbons (Fsp3) is 0.286. The number of amides is 1. The Balaban J connectivity index is 0.000000305. The molecule has 38 heavy (non-hydrogen) atoms. The number of aromatic nitrogens is 1. The summed E-state index contributed by atoms with van der Waals surface area (Å²) in [6, 6.07) is 14.1. The average Bonchev–Trinajstić information content (AvgIpc) is 2.86. The molecule has 1 aromatic heterocycles. The van der Waals surface area contributed by atoms with Crippen molar-refractivity contribution in [2.75, 3.05) is 7.11 Å². The first-order valence-corrected chi connectivity index (χ1v) is 11.6. The van der Waals surface area contributed by atoms with Crippen molar-refractivity contribution >= 4 is 17.8 Å². The van der Waals surface area contributed by atoms with Gasteiger partial charge in [-0.3, -0.25) is 14.4 Å². The van der Waals surface area contributed by atoms with Gasteiger partial charge in [0, 0.05) is 32.0 Å². The summed E-state index contributed by atoms with van der Waals surface area (Å²) in [5, 5.41) is 0. The van der Waals surface area contributed by atoms with Crippen LogP contribution in [-0.2, 0) is 20.7 Å². The van der Waals surface area contributed by atoms with Crippen LogP contribution in [0.5, 0.6) is 11.5 Å². The minimum absolute atomic E-state index is 0.0556. The summed E-state index contributed by atoms with van der Waals surface area (Å²) >= 11 is 0. The summed E-state index contributed by atoms with van der Waals surface area (Å²) in [5.74, 6) is -1.81. The lowest BCUT2D eigenvalue weighted by molar-refractivity contribution is -0.147. The first kappa shape index (κ1) is 31.7. The highest BCUT2D eigenvalue weighted by molar-refractivity contribution is 5.95. The van der Waals surface area contributed by atoms with E-state index in [1.165, 1.54) is 50.6 Å². The molecule has 204 valence electrons. The third-order valence-electron chi connectivity index (χ3n) is 4.73. The number of esters is 2. The molecule has 2 N–H and O–H groups in total. The lowest BCUT2D eigenvalue weighted by atomic mass is 10.0. The van der Waals surface area contributed by atoms with Crippen LogP contribution in [0.25, 0.3) is 0 Å². The van der Waals surface area contributed by atoms with E-state index >= 15 is 0 Å². The molecule has 0 radical (unpaired) electrons. The maximum absolute atomic E-state index is 12.9. The second-order valence-corrected chi connectivity index (χ2v) is 7.87. The van der Waals surface area contributed by atoms with Crippen molar-refractivity contribution in [2.24, 2.45) is 5.73 Å². The molecule has 0 saturated carbocycles. The van der Waals surface area contributed by atoms with Crippen molar-refractivity contribution in [1.82, 2.24) is 4.98 Å². The Kier molecular flexibility index (Phi) is 13.7. The van der Waals surface area contributed by atoms with E-state index in [0.29, 0.717) is 12.8 Å². The van der Waals surface area contributed by atoms with Crippen LogP contribution in [0.15, 0.2) is 60.8 Å². The Morgan fingerprint density at radius 3 is 2.16 bits per heavy atom. The second-order valence-electron chi connectivity index (χ2n) is 7.87. The number of aryl methyl sites for hydroxylation is 1. The summed E-state index contributed by atoms with van der Waals surface area (Å²) in [6.45, 7) is 6.67. The predicted molar refractivity (Wildman–Crippen MR) is 138 cm³/mol. The molecule has 1 unspecified atom stereocenters. The first-order chi connectivity index (χ1) is 18.0. The minimum Gasteiger partial charge on any atom is -0.493 e. The Labute approximate surface area is 220 Å². The zero-order valence-corrected chi connectivity index (χ0v) is 22.0. The quantitative estimate of drug-likeness (QED) is 0.429. The monoisotopic (exact) mass is 530 g/mol.